The maximum Gasteiger partial charge on any atom is 0.211 e. The van der Waals surface area contributed by atoms with Gasteiger partial charge in [0, 0.05) is 39.2 Å². The number of aliphatic imine (C=N–C) groups is 1. The monoisotopic (exact) mass is 500 g/mol. The Hall–Kier alpha value is -0.850. The molecule has 2 N–H and O–H groups in total. The first-order valence-corrected chi connectivity index (χ1v) is 10.4. The molecule has 150 valence electrons. The molecule has 1 aromatic rings. The molecule has 26 heavy (non-hydrogen) atoms. The van der Waals surface area contributed by atoms with Gasteiger partial charge in [-0.15, -0.1) is 24.0 Å². The fourth-order valence-corrected chi connectivity index (χ4v) is 4.00. The van der Waals surface area contributed by atoms with E-state index in [0.717, 1.165) is 25.0 Å². The van der Waals surface area contributed by atoms with E-state index in [1.54, 1.807) is 17.7 Å². The van der Waals surface area contributed by atoms with Crippen LogP contribution in [0.3, 0.4) is 0 Å². The van der Waals surface area contributed by atoms with Gasteiger partial charge in [-0.1, -0.05) is 0 Å². The molecule has 1 fully saturated rings. The summed E-state index contributed by atoms with van der Waals surface area (Å²) in [6.45, 7) is 2.89. The van der Waals surface area contributed by atoms with Gasteiger partial charge in [0.05, 0.1) is 25.7 Å². The summed E-state index contributed by atoms with van der Waals surface area (Å²) in [5.74, 6) is 1.56. The van der Waals surface area contributed by atoms with Crippen LogP contribution in [0.5, 0.6) is 0 Å². The molecule has 0 aromatic carbocycles. The highest BCUT2D eigenvalue weighted by Gasteiger charge is 2.31. The van der Waals surface area contributed by atoms with Crippen LogP contribution >= 0.6 is 24.0 Å². The van der Waals surface area contributed by atoms with Crippen LogP contribution in [0.15, 0.2) is 27.8 Å². The molecule has 8 nitrogen and oxygen atoms in total. The maximum absolute atomic E-state index is 11.8. The van der Waals surface area contributed by atoms with E-state index in [9.17, 15) is 8.42 Å². The first-order chi connectivity index (χ1) is 12.0. The summed E-state index contributed by atoms with van der Waals surface area (Å²) < 4.78 is 35.6. The van der Waals surface area contributed by atoms with Crippen molar-refractivity contribution in [1.82, 2.24) is 14.9 Å². The van der Waals surface area contributed by atoms with E-state index in [2.05, 4.69) is 15.6 Å². The number of halogens is 1. The van der Waals surface area contributed by atoms with Gasteiger partial charge < -0.3 is 19.8 Å². The third kappa shape index (κ3) is 7.80. The van der Waals surface area contributed by atoms with E-state index >= 15 is 0 Å². The van der Waals surface area contributed by atoms with Crippen molar-refractivity contribution in [3.05, 3.63) is 24.2 Å². The van der Waals surface area contributed by atoms with Gasteiger partial charge in [-0.25, -0.2) is 8.42 Å². The average Bonchev–Trinajstić information content (AvgIpc) is 3.23. The zero-order chi connectivity index (χ0) is 18.1. The highest BCUT2D eigenvalue weighted by atomic mass is 127. The van der Waals surface area contributed by atoms with Gasteiger partial charge in [0.2, 0.25) is 10.0 Å². The zero-order valence-corrected chi connectivity index (χ0v) is 18.5. The van der Waals surface area contributed by atoms with E-state index in [-0.39, 0.29) is 30.0 Å². The van der Waals surface area contributed by atoms with E-state index in [1.165, 1.54) is 6.26 Å². The second kappa shape index (κ2) is 11.8. The first-order valence-electron chi connectivity index (χ1n) is 8.51. The highest BCUT2D eigenvalue weighted by molar-refractivity contribution is 14.0. The summed E-state index contributed by atoms with van der Waals surface area (Å²) in [7, 11) is -1.53. The predicted molar refractivity (Wildman–Crippen MR) is 113 cm³/mol. The maximum atomic E-state index is 11.8. The van der Waals surface area contributed by atoms with Crippen molar-refractivity contribution in [2.45, 2.75) is 25.3 Å². The highest BCUT2D eigenvalue weighted by Crippen LogP contribution is 2.20. The second-order valence-electron chi connectivity index (χ2n) is 6.03. The third-order valence-electron chi connectivity index (χ3n) is 4.05. The molecule has 1 aromatic heterocycles. The normalized spacial score (nSPS) is 18.5. The van der Waals surface area contributed by atoms with Crippen LogP contribution in [-0.4, -0.2) is 70.9 Å². The molecule has 0 amide bonds. The molecule has 1 atom stereocenters. The molecule has 0 bridgehead atoms. The van der Waals surface area contributed by atoms with Crippen molar-refractivity contribution < 1.29 is 17.6 Å². The van der Waals surface area contributed by atoms with Crippen LogP contribution in [0.25, 0.3) is 0 Å². The molecule has 2 rings (SSSR count). The van der Waals surface area contributed by atoms with Crippen molar-refractivity contribution in [2.24, 2.45) is 4.99 Å². The molecule has 0 unspecified atom stereocenters. The molecule has 1 saturated heterocycles. The van der Waals surface area contributed by atoms with Crippen molar-refractivity contribution in [1.29, 1.82) is 0 Å². The number of sulfonamides is 1. The molecule has 0 radical (unpaired) electrons. The van der Waals surface area contributed by atoms with Crippen LogP contribution in [0, 0.1) is 0 Å². The lowest BCUT2D eigenvalue weighted by atomic mass is 10.2. The van der Waals surface area contributed by atoms with Crippen LogP contribution in [0.1, 0.15) is 18.6 Å². The number of rotatable bonds is 9. The molecule has 10 heteroatoms. The SMILES string of the molecule is COCCNC(=NC[C@H]1CCCN1S(C)(=O)=O)NCCc1ccco1.I. The van der Waals surface area contributed by atoms with Crippen molar-refractivity contribution >= 4 is 40.0 Å². The Morgan fingerprint density at radius 3 is 2.85 bits per heavy atom. The topological polar surface area (TPSA) is 96.2 Å². The molecule has 0 spiro atoms. The quantitative estimate of drug-likeness (QED) is 0.228. The largest absolute Gasteiger partial charge is 0.469 e. The minimum atomic E-state index is -3.18. The lowest BCUT2D eigenvalue weighted by Crippen LogP contribution is -2.42. The number of nitrogens with one attached hydrogen (secondary N) is 2. The molecule has 1 aliphatic heterocycles. The fraction of sp³-hybridized carbons (Fsp3) is 0.688. The minimum Gasteiger partial charge on any atom is -0.469 e. The summed E-state index contributed by atoms with van der Waals surface area (Å²) in [5.41, 5.74) is 0. The Kier molecular flexibility index (Phi) is 10.5. The number of furan rings is 1. The molecular weight excluding hydrogens is 471 g/mol. The number of hydrogen-bond acceptors (Lipinski definition) is 5. The van der Waals surface area contributed by atoms with Crippen molar-refractivity contribution in [2.75, 3.05) is 46.2 Å². The number of methoxy groups -OCH3 is 1. The van der Waals surface area contributed by atoms with Crippen molar-refractivity contribution in [3.63, 3.8) is 0 Å². The summed E-state index contributed by atoms with van der Waals surface area (Å²) >= 11 is 0. The molecular formula is C16H29IN4O4S. The number of nitrogens with zero attached hydrogens (tertiary/aromatic N) is 2. The van der Waals surface area contributed by atoms with E-state index in [4.69, 9.17) is 9.15 Å². The van der Waals surface area contributed by atoms with Gasteiger partial charge in [-0.3, -0.25) is 4.99 Å². The average molecular weight is 500 g/mol. The summed E-state index contributed by atoms with van der Waals surface area (Å²) in [6, 6.07) is 3.72. The van der Waals surface area contributed by atoms with E-state index in [1.807, 2.05) is 12.1 Å². The molecule has 1 aliphatic rings. The van der Waals surface area contributed by atoms with Crippen LogP contribution in [0.2, 0.25) is 0 Å². The minimum absolute atomic E-state index is 0. The lowest BCUT2D eigenvalue weighted by molar-refractivity contribution is 0.203. The second-order valence-corrected chi connectivity index (χ2v) is 7.97. The predicted octanol–water partition coefficient (Wildman–Crippen LogP) is 1.05. The molecule has 0 saturated carbocycles. The Morgan fingerprint density at radius 2 is 2.19 bits per heavy atom. The van der Waals surface area contributed by atoms with E-state index < -0.39 is 10.0 Å². The first kappa shape index (κ1) is 23.2. The van der Waals surface area contributed by atoms with Gasteiger partial charge in [0.25, 0.3) is 0 Å². The Balaban J connectivity index is 0.00000338. The summed E-state index contributed by atoms with van der Waals surface area (Å²) in [4.78, 5) is 4.56. The summed E-state index contributed by atoms with van der Waals surface area (Å²) in [5, 5.41) is 6.44. The Morgan fingerprint density at radius 1 is 1.42 bits per heavy atom. The summed E-state index contributed by atoms with van der Waals surface area (Å²) in [6.07, 6.45) is 5.38. The standard InChI is InChI=1S/C16H28N4O4S.HI/c1-23-12-9-18-16(17-8-7-15-6-4-11-24-15)19-13-14-5-3-10-20(14)25(2,21)22;/h4,6,11,14H,3,5,7-10,12-13H2,1-2H3,(H2,17,18,19);1H/t14-;/m1./s1. The Labute approximate surface area is 172 Å². The van der Waals surface area contributed by atoms with E-state index in [0.29, 0.717) is 38.7 Å². The molecule has 0 aliphatic carbocycles. The number of hydrogen-bond donors (Lipinski definition) is 2. The van der Waals surface area contributed by atoms with Gasteiger partial charge in [-0.2, -0.15) is 4.31 Å². The Bertz CT molecular complexity index is 637. The van der Waals surface area contributed by atoms with Gasteiger partial charge in [-0.05, 0) is 25.0 Å². The zero-order valence-electron chi connectivity index (χ0n) is 15.3. The van der Waals surface area contributed by atoms with Gasteiger partial charge in [0.1, 0.15) is 5.76 Å². The van der Waals surface area contributed by atoms with Gasteiger partial charge in [0.15, 0.2) is 5.96 Å². The smallest absolute Gasteiger partial charge is 0.211 e. The van der Waals surface area contributed by atoms with Crippen LogP contribution in [0.4, 0.5) is 0 Å². The lowest BCUT2D eigenvalue weighted by Gasteiger charge is -2.21. The molecule has 2 heterocycles. The van der Waals surface area contributed by atoms with Crippen molar-refractivity contribution in [3.8, 4) is 0 Å². The number of guanidine groups is 1. The van der Waals surface area contributed by atoms with Crippen LogP contribution in [-0.2, 0) is 21.2 Å². The fourth-order valence-electron chi connectivity index (χ4n) is 2.83. The number of ether oxygens (including phenoxy) is 1. The van der Waals surface area contributed by atoms with Gasteiger partial charge >= 0.3 is 0 Å². The van der Waals surface area contributed by atoms with Crippen LogP contribution < -0.4 is 10.6 Å². The third-order valence-corrected chi connectivity index (χ3v) is 5.38.